The van der Waals surface area contributed by atoms with E-state index in [-0.39, 0.29) is 11.9 Å². The molecule has 1 atom stereocenters. The van der Waals surface area contributed by atoms with E-state index >= 15 is 0 Å². The summed E-state index contributed by atoms with van der Waals surface area (Å²) >= 11 is 5.11. The van der Waals surface area contributed by atoms with Crippen molar-refractivity contribution < 1.29 is 4.39 Å². The fraction of sp³-hybridized carbons (Fsp3) is 0.375. The second-order valence-electron chi connectivity index (χ2n) is 5.17. The molecule has 0 bridgehead atoms. The summed E-state index contributed by atoms with van der Waals surface area (Å²) in [5.41, 5.74) is 2.17. The zero-order chi connectivity index (χ0) is 14.1. The molecule has 20 heavy (non-hydrogen) atoms. The Morgan fingerprint density at radius 3 is 2.85 bits per heavy atom. The van der Waals surface area contributed by atoms with E-state index in [4.69, 9.17) is 0 Å². The minimum atomic E-state index is -0.168. The van der Waals surface area contributed by atoms with Crippen LogP contribution in [0, 0.1) is 5.82 Å². The maximum Gasteiger partial charge on any atom is 0.142 e. The van der Waals surface area contributed by atoms with E-state index in [2.05, 4.69) is 27.3 Å². The molecule has 0 saturated carbocycles. The molecule has 1 N–H and O–H groups in total. The molecule has 0 fully saturated rings. The van der Waals surface area contributed by atoms with Gasteiger partial charge in [-0.3, -0.25) is 0 Å². The minimum Gasteiger partial charge on any atom is -0.309 e. The zero-order valence-corrected chi connectivity index (χ0v) is 13.8. The molecule has 1 heterocycles. The van der Waals surface area contributed by atoms with Crippen LogP contribution in [-0.4, -0.2) is 7.05 Å². The summed E-state index contributed by atoms with van der Waals surface area (Å²) in [5.74, 6) is -0.168. The first-order valence-corrected chi connectivity index (χ1v) is 8.54. The van der Waals surface area contributed by atoms with E-state index in [0.717, 1.165) is 0 Å². The maximum absolute atomic E-state index is 14.3. The van der Waals surface area contributed by atoms with Crippen LogP contribution in [-0.2, 0) is 12.8 Å². The first kappa shape index (κ1) is 14.2. The lowest BCUT2D eigenvalue weighted by Gasteiger charge is -2.16. The fourth-order valence-electron chi connectivity index (χ4n) is 2.85. The van der Waals surface area contributed by atoms with E-state index in [0.29, 0.717) is 10.0 Å². The van der Waals surface area contributed by atoms with Crippen LogP contribution in [0.1, 0.15) is 39.8 Å². The van der Waals surface area contributed by atoms with Crippen LogP contribution in [0.5, 0.6) is 0 Å². The van der Waals surface area contributed by atoms with Gasteiger partial charge in [0.1, 0.15) is 5.82 Å². The molecule has 1 unspecified atom stereocenters. The predicted molar refractivity (Wildman–Crippen MR) is 86.0 cm³/mol. The van der Waals surface area contributed by atoms with E-state index in [1.165, 1.54) is 41.0 Å². The Morgan fingerprint density at radius 1 is 1.30 bits per heavy atom. The molecule has 0 radical (unpaired) electrons. The first-order valence-electron chi connectivity index (χ1n) is 6.93. The highest BCUT2D eigenvalue weighted by Crippen LogP contribution is 2.36. The second-order valence-corrected chi connectivity index (χ2v) is 7.19. The fourth-order valence-corrected chi connectivity index (χ4v) is 4.62. The number of benzene rings is 1. The summed E-state index contributed by atoms with van der Waals surface area (Å²) in [7, 11) is 1.89. The van der Waals surface area contributed by atoms with Crippen molar-refractivity contribution in [3.05, 3.63) is 55.4 Å². The molecule has 106 valence electrons. The number of halogens is 2. The van der Waals surface area contributed by atoms with Crippen molar-refractivity contribution in [2.75, 3.05) is 7.05 Å². The van der Waals surface area contributed by atoms with Gasteiger partial charge in [0.05, 0.1) is 10.5 Å². The Bertz CT molecular complexity index is 599. The Kier molecular flexibility index (Phi) is 4.24. The number of thiophene rings is 1. The van der Waals surface area contributed by atoms with Crippen LogP contribution in [0.3, 0.4) is 0 Å². The molecule has 1 nitrogen and oxygen atoms in total. The van der Waals surface area contributed by atoms with Crippen molar-refractivity contribution in [2.24, 2.45) is 0 Å². The summed E-state index contributed by atoms with van der Waals surface area (Å²) in [4.78, 5) is 2.71. The van der Waals surface area contributed by atoms with Gasteiger partial charge >= 0.3 is 0 Å². The lowest BCUT2D eigenvalue weighted by Crippen LogP contribution is -2.18. The summed E-state index contributed by atoms with van der Waals surface area (Å²) in [5, 5.41) is 3.26. The van der Waals surface area contributed by atoms with Gasteiger partial charge in [-0.15, -0.1) is 11.3 Å². The van der Waals surface area contributed by atoms with Gasteiger partial charge in [-0.2, -0.15) is 0 Å². The Labute approximate surface area is 131 Å². The highest BCUT2D eigenvalue weighted by molar-refractivity contribution is 9.10. The topological polar surface area (TPSA) is 12.0 Å². The first-order chi connectivity index (χ1) is 9.70. The smallest absolute Gasteiger partial charge is 0.142 e. The average molecular weight is 354 g/mol. The van der Waals surface area contributed by atoms with Crippen LogP contribution >= 0.6 is 27.3 Å². The largest absolute Gasteiger partial charge is 0.309 e. The van der Waals surface area contributed by atoms with Crippen LogP contribution in [0.2, 0.25) is 0 Å². The Morgan fingerprint density at radius 2 is 2.10 bits per heavy atom. The molecule has 4 heteroatoms. The van der Waals surface area contributed by atoms with E-state index in [1.54, 1.807) is 6.07 Å². The zero-order valence-electron chi connectivity index (χ0n) is 11.4. The average Bonchev–Trinajstić information content (AvgIpc) is 2.87. The number of aryl methyl sites for hydroxylation is 2. The number of rotatable bonds is 3. The van der Waals surface area contributed by atoms with Crippen molar-refractivity contribution >= 4 is 27.3 Å². The number of fused-ring (bicyclic) bond motifs is 1. The van der Waals surface area contributed by atoms with E-state index in [1.807, 2.05) is 30.5 Å². The number of hydrogen-bond acceptors (Lipinski definition) is 2. The quantitative estimate of drug-likeness (QED) is 0.832. The molecule has 1 aromatic heterocycles. The van der Waals surface area contributed by atoms with Gasteiger partial charge < -0.3 is 5.32 Å². The minimum absolute atomic E-state index is 0.0666. The van der Waals surface area contributed by atoms with Gasteiger partial charge in [0, 0.05) is 15.3 Å². The molecule has 3 rings (SSSR count). The van der Waals surface area contributed by atoms with E-state index < -0.39 is 0 Å². The third-order valence-electron chi connectivity index (χ3n) is 3.88. The maximum atomic E-state index is 14.3. The van der Waals surface area contributed by atoms with E-state index in [9.17, 15) is 4.39 Å². The van der Waals surface area contributed by atoms with Crippen LogP contribution < -0.4 is 5.32 Å². The van der Waals surface area contributed by atoms with Gasteiger partial charge in [-0.05, 0) is 66.4 Å². The standard InChI is InChI=1S/C16H17BrFNS/c1-19-16(11-6-4-7-12(17)15(11)18)14-9-10-5-2-3-8-13(10)20-14/h4,6-7,9,16,19H,2-3,5,8H2,1H3. The predicted octanol–water partition coefficient (Wildman–Crippen LogP) is 4.84. The van der Waals surface area contributed by atoms with Crippen molar-refractivity contribution in [2.45, 2.75) is 31.7 Å². The molecule has 0 aliphatic heterocycles. The molecule has 0 saturated heterocycles. The van der Waals surface area contributed by atoms with Crippen molar-refractivity contribution in [1.82, 2.24) is 5.32 Å². The molecule has 1 aliphatic rings. The van der Waals surface area contributed by atoms with Gasteiger partial charge in [-0.1, -0.05) is 12.1 Å². The third-order valence-corrected chi connectivity index (χ3v) is 5.80. The van der Waals surface area contributed by atoms with Crippen LogP contribution in [0.4, 0.5) is 4.39 Å². The Balaban J connectivity index is 2.01. The summed E-state index contributed by atoms with van der Waals surface area (Å²) in [6, 6.07) is 7.69. The highest BCUT2D eigenvalue weighted by Gasteiger charge is 2.22. The lowest BCUT2D eigenvalue weighted by atomic mass is 9.97. The lowest BCUT2D eigenvalue weighted by molar-refractivity contribution is 0.574. The second kappa shape index (κ2) is 5.96. The molecular formula is C16H17BrFNS. The molecule has 0 spiro atoms. The molecule has 1 aromatic carbocycles. The van der Waals surface area contributed by atoms with Crippen molar-refractivity contribution in [3.8, 4) is 0 Å². The van der Waals surface area contributed by atoms with Crippen LogP contribution in [0.15, 0.2) is 28.7 Å². The number of nitrogens with one attached hydrogen (secondary N) is 1. The van der Waals surface area contributed by atoms with Gasteiger partial charge in [0.25, 0.3) is 0 Å². The van der Waals surface area contributed by atoms with Crippen molar-refractivity contribution in [1.29, 1.82) is 0 Å². The summed E-state index contributed by atoms with van der Waals surface area (Å²) in [6.07, 6.45) is 4.90. The SMILES string of the molecule is CNC(c1cc2c(s1)CCCC2)c1cccc(Br)c1F. The normalized spacial score (nSPS) is 15.9. The summed E-state index contributed by atoms with van der Waals surface area (Å²) < 4.78 is 14.9. The van der Waals surface area contributed by atoms with Gasteiger partial charge in [-0.25, -0.2) is 4.39 Å². The molecular weight excluding hydrogens is 337 g/mol. The molecule has 2 aromatic rings. The van der Waals surface area contributed by atoms with Gasteiger partial charge in [0.2, 0.25) is 0 Å². The highest BCUT2D eigenvalue weighted by atomic mass is 79.9. The molecule has 0 amide bonds. The number of hydrogen-bond donors (Lipinski definition) is 1. The molecule has 1 aliphatic carbocycles. The third kappa shape index (κ3) is 2.57. The summed E-state index contributed by atoms with van der Waals surface area (Å²) in [6.45, 7) is 0. The Hall–Kier alpha value is -0.710. The van der Waals surface area contributed by atoms with Crippen LogP contribution in [0.25, 0.3) is 0 Å². The van der Waals surface area contributed by atoms with Crippen molar-refractivity contribution in [3.63, 3.8) is 0 Å². The van der Waals surface area contributed by atoms with Gasteiger partial charge in [0.15, 0.2) is 0 Å². The monoisotopic (exact) mass is 353 g/mol.